The van der Waals surface area contributed by atoms with E-state index in [1.807, 2.05) is 57.0 Å². The third-order valence-corrected chi connectivity index (χ3v) is 8.00. The summed E-state index contributed by atoms with van der Waals surface area (Å²) in [7, 11) is 5.18. The Morgan fingerprint density at radius 2 is 1.90 bits per heavy atom. The van der Waals surface area contributed by atoms with E-state index in [1.165, 1.54) is 19.3 Å². The minimum absolute atomic E-state index is 0.0159. The molecule has 0 radical (unpaired) electrons. The lowest BCUT2D eigenvalue weighted by Gasteiger charge is -2.40. The third-order valence-electron chi connectivity index (χ3n) is 8.00. The Kier molecular flexibility index (Phi) is 8.00. The molecule has 39 heavy (non-hydrogen) atoms. The topological polar surface area (TPSA) is 67.2 Å². The molecule has 0 unspecified atom stereocenters. The fourth-order valence-corrected chi connectivity index (χ4v) is 5.31. The van der Waals surface area contributed by atoms with E-state index in [0.717, 1.165) is 40.9 Å². The van der Waals surface area contributed by atoms with E-state index < -0.39 is 0 Å². The lowest BCUT2D eigenvalue weighted by molar-refractivity contribution is -0.129. The largest absolute Gasteiger partial charge is 0.493 e. The van der Waals surface area contributed by atoms with Crippen molar-refractivity contribution in [3.63, 3.8) is 0 Å². The van der Waals surface area contributed by atoms with Crippen LogP contribution in [0.2, 0.25) is 0 Å². The lowest BCUT2D eigenvalue weighted by Crippen LogP contribution is -2.53. The molecule has 5 rings (SSSR count). The summed E-state index contributed by atoms with van der Waals surface area (Å²) in [5.41, 5.74) is 2.89. The molecule has 2 fully saturated rings. The molecule has 3 aromatic rings. The van der Waals surface area contributed by atoms with E-state index >= 15 is 0 Å². The smallest absolute Gasteiger partial charge is 0.325 e. The average molecular weight is 533 g/mol. The molecule has 1 atom stereocenters. The van der Waals surface area contributed by atoms with E-state index in [2.05, 4.69) is 13.0 Å². The summed E-state index contributed by atoms with van der Waals surface area (Å²) in [6, 6.07) is 14.0. The van der Waals surface area contributed by atoms with Crippen molar-refractivity contribution in [2.75, 3.05) is 39.3 Å². The summed E-state index contributed by atoms with van der Waals surface area (Å²) in [6.07, 6.45) is 7.75. The quantitative estimate of drug-likeness (QED) is 0.305. The van der Waals surface area contributed by atoms with Crippen LogP contribution in [0.3, 0.4) is 0 Å². The molecule has 8 nitrogen and oxygen atoms in total. The maximum absolute atomic E-state index is 13.8. The number of hydrogen-bond acceptors (Lipinski definition) is 4. The number of fused-ring (bicyclic) bond motifs is 1. The second-order valence-corrected chi connectivity index (χ2v) is 11.1. The lowest BCUT2D eigenvalue weighted by atomic mass is 10.1. The first-order chi connectivity index (χ1) is 18.9. The molecule has 8 heteroatoms. The number of nitrogens with zero attached hydrogens (tertiary/aromatic N) is 4. The molecular weight excluding hydrogens is 492 g/mol. The Bertz CT molecular complexity index is 1330. The van der Waals surface area contributed by atoms with E-state index in [-0.39, 0.29) is 24.5 Å². The predicted molar refractivity (Wildman–Crippen MR) is 153 cm³/mol. The van der Waals surface area contributed by atoms with Crippen molar-refractivity contribution in [2.24, 2.45) is 5.92 Å². The number of methoxy groups -OCH3 is 1. The van der Waals surface area contributed by atoms with Crippen LogP contribution in [0.4, 0.5) is 10.5 Å². The van der Waals surface area contributed by atoms with Gasteiger partial charge in [-0.2, -0.15) is 0 Å². The molecule has 1 saturated heterocycles. The molecule has 2 aromatic carbocycles. The molecule has 0 spiro atoms. The fraction of sp³-hybridized carbons (Fsp3) is 0.484. The maximum Gasteiger partial charge on any atom is 0.325 e. The summed E-state index contributed by atoms with van der Waals surface area (Å²) in [6.45, 7) is 4.20. The summed E-state index contributed by atoms with van der Waals surface area (Å²) >= 11 is 0. The number of ether oxygens (including phenoxy) is 2. The maximum atomic E-state index is 13.8. The monoisotopic (exact) mass is 532 g/mol. The van der Waals surface area contributed by atoms with Gasteiger partial charge in [0.15, 0.2) is 11.5 Å². The van der Waals surface area contributed by atoms with Crippen molar-refractivity contribution in [3.05, 3.63) is 54.2 Å². The highest BCUT2D eigenvalue weighted by Gasteiger charge is 2.32. The van der Waals surface area contributed by atoms with Crippen molar-refractivity contribution < 1.29 is 19.1 Å². The molecule has 1 aliphatic carbocycles. The number of hydrogen-bond donors (Lipinski definition) is 0. The van der Waals surface area contributed by atoms with Gasteiger partial charge in [-0.1, -0.05) is 25.0 Å². The van der Waals surface area contributed by atoms with Crippen LogP contribution >= 0.6 is 0 Å². The summed E-state index contributed by atoms with van der Waals surface area (Å²) in [4.78, 5) is 31.5. The average Bonchev–Trinajstić information content (AvgIpc) is 3.67. The van der Waals surface area contributed by atoms with Crippen LogP contribution in [-0.4, -0.2) is 66.7 Å². The number of aromatic nitrogens is 1. The zero-order valence-corrected chi connectivity index (χ0v) is 23.6. The highest BCUT2D eigenvalue weighted by molar-refractivity contribution is 5.94. The molecule has 208 valence electrons. The number of amides is 3. The van der Waals surface area contributed by atoms with Crippen LogP contribution in [-0.2, 0) is 17.9 Å². The van der Waals surface area contributed by atoms with Gasteiger partial charge in [-0.05, 0) is 61.9 Å². The van der Waals surface area contributed by atoms with Gasteiger partial charge in [0, 0.05) is 62.1 Å². The molecule has 1 aliphatic heterocycles. The first kappa shape index (κ1) is 26.9. The predicted octanol–water partition coefficient (Wildman–Crippen LogP) is 5.53. The van der Waals surface area contributed by atoms with Gasteiger partial charge in [0.2, 0.25) is 5.91 Å². The zero-order valence-electron chi connectivity index (χ0n) is 23.6. The SMILES string of the molecule is COc1ccc(N2CC[C@H](C)N(Cc3cccc4c3ccn4CC(=O)N(C)C)C2=O)cc1OCCCC1CC1. The van der Waals surface area contributed by atoms with Crippen LogP contribution < -0.4 is 14.4 Å². The van der Waals surface area contributed by atoms with Crippen molar-refractivity contribution in [2.45, 2.75) is 58.2 Å². The number of carbonyl (C=O) groups excluding carboxylic acids is 2. The normalized spacial score (nSPS) is 17.5. The van der Waals surface area contributed by atoms with Crippen molar-refractivity contribution >= 4 is 28.5 Å². The third kappa shape index (κ3) is 6.00. The number of likely N-dealkylation sites (N-methyl/N-ethyl adjacent to an activating group) is 1. The van der Waals surface area contributed by atoms with Crippen molar-refractivity contribution in [1.29, 1.82) is 0 Å². The molecule has 0 bridgehead atoms. The summed E-state index contributed by atoms with van der Waals surface area (Å²) in [5.74, 6) is 2.29. The van der Waals surface area contributed by atoms with Gasteiger partial charge >= 0.3 is 6.03 Å². The zero-order chi connectivity index (χ0) is 27.5. The first-order valence-corrected chi connectivity index (χ1v) is 14.0. The molecule has 2 aliphatic rings. The van der Waals surface area contributed by atoms with E-state index in [4.69, 9.17) is 9.47 Å². The molecule has 0 N–H and O–H groups in total. The minimum atomic E-state index is -0.0159. The van der Waals surface area contributed by atoms with E-state index in [9.17, 15) is 9.59 Å². The van der Waals surface area contributed by atoms with E-state index in [0.29, 0.717) is 31.2 Å². The van der Waals surface area contributed by atoms with Gasteiger partial charge in [-0.25, -0.2) is 4.79 Å². The highest BCUT2D eigenvalue weighted by Crippen LogP contribution is 2.36. The van der Waals surface area contributed by atoms with Crippen molar-refractivity contribution in [3.8, 4) is 11.5 Å². The minimum Gasteiger partial charge on any atom is -0.493 e. The molecule has 2 heterocycles. The van der Waals surface area contributed by atoms with Gasteiger partial charge in [0.25, 0.3) is 0 Å². The number of rotatable bonds is 11. The second kappa shape index (κ2) is 11.6. The standard InChI is InChI=1S/C31H40N4O4/c1-22-14-17-34(25-12-13-28(38-4)29(19-25)39-18-6-7-23-10-11-23)31(37)35(22)20-24-8-5-9-27-26(24)15-16-33(27)21-30(36)32(2)3/h5,8-9,12-13,15-16,19,22-23H,6-7,10-11,14,17-18,20-21H2,1-4H3/t22-/m0/s1. The second-order valence-electron chi connectivity index (χ2n) is 11.1. The van der Waals surface area contributed by atoms with Crippen LogP contribution in [0.5, 0.6) is 11.5 Å². The number of benzene rings is 2. The highest BCUT2D eigenvalue weighted by atomic mass is 16.5. The summed E-state index contributed by atoms with van der Waals surface area (Å²) in [5, 5.41) is 1.06. The molecular formula is C31H40N4O4. The van der Waals surface area contributed by atoms with Crippen LogP contribution in [0.1, 0.15) is 44.6 Å². The van der Waals surface area contributed by atoms with Gasteiger partial charge in [0.05, 0.1) is 13.7 Å². The van der Waals surface area contributed by atoms with Gasteiger partial charge in [-0.15, -0.1) is 0 Å². The van der Waals surface area contributed by atoms with Crippen molar-refractivity contribution in [1.82, 2.24) is 14.4 Å². The number of anilines is 1. The molecule has 1 saturated carbocycles. The molecule has 3 amide bonds. The van der Waals surface area contributed by atoms with Crippen LogP contribution in [0.25, 0.3) is 10.9 Å². The Hall–Kier alpha value is -3.68. The van der Waals surface area contributed by atoms with E-state index in [1.54, 1.807) is 26.1 Å². The number of carbonyl (C=O) groups is 2. The Labute approximate surface area is 231 Å². The fourth-order valence-electron chi connectivity index (χ4n) is 5.31. The van der Waals surface area contributed by atoms with Crippen LogP contribution in [0.15, 0.2) is 48.7 Å². The van der Waals surface area contributed by atoms with Crippen LogP contribution in [0, 0.1) is 5.92 Å². The first-order valence-electron chi connectivity index (χ1n) is 14.0. The van der Waals surface area contributed by atoms with Gasteiger partial charge < -0.3 is 23.8 Å². The number of urea groups is 1. The Morgan fingerprint density at radius 3 is 2.64 bits per heavy atom. The Balaban J connectivity index is 1.33. The Morgan fingerprint density at radius 1 is 1.08 bits per heavy atom. The summed E-state index contributed by atoms with van der Waals surface area (Å²) < 4.78 is 13.6. The molecule has 1 aromatic heterocycles. The van der Waals surface area contributed by atoms with Gasteiger partial charge in [0.1, 0.15) is 6.54 Å². The van der Waals surface area contributed by atoms with Gasteiger partial charge in [-0.3, -0.25) is 9.69 Å².